The van der Waals surface area contributed by atoms with Crippen LogP contribution in [-0.4, -0.2) is 41.4 Å². The van der Waals surface area contributed by atoms with Crippen molar-refractivity contribution in [1.29, 1.82) is 0 Å². The van der Waals surface area contributed by atoms with E-state index in [1.165, 1.54) is 6.42 Å². The van der Waals surface area contributed by atoms with Crippen LogP contribution in [0.15, 0.2) is 79.0 Å². The van der Waals surface area contributed by atoms with Crippen LogP contribution in [0.5, 0.6) is 5.75 Å². The lowest BCUT2D eigenvalue weighted by atomic mass is 9.94. The molecule has 4 rings (SSSR count). The molecule has 1 unspecified atom stereocenters. The van der Waals surface area contributed by atoms with E-state index >= 15 is 0 Å². The van der Waals surface area contributed by atoms with Crippen molar-refractivity contribution in [2.45, 2.75) is 50.6 Å². The van der Waals surface area contributed by atoms with Gasteiger partial charge >= 0.3 is 0 Å². The molecule has 1 N–H and O–H groups in total. The second kappa shape index (κ2) is 12.2. The van der Waals surface area contributed by atoms with E-state index < -0.39 is 6.04 Å². The number of ether oxygens (including phenoxy) is 1. The number of nitrogens with zero attached hydrogens (tertiary/aromatic N) is 2. The Bertz CT molecular complexity index is 1080. The summed E-state index contributed by atoms with van der Waals surface area (Å²) in [5.74, 6) is 0.285. The fourth-order valence-corrected chi connectivity index (χ4v) is 4.66. The van der Waals surface area contributed by atoms with Crippen LogP contribution in [0.1, 0.15) is 59.8 Å². The molecule has 1 atom stereocenters. The van der Waals surface area contributed by atoms with Crippen LogP contribution in [0, 0.1) is 0 Å². The van der Waals surface area contributed by atoms with Gasteiger partial charge in [-0.2, -0.15) is 0 Å². The lowest BCUT2D eigenvalue weighted by Gasteiger charge is -2.33. The first-order chi connectivity index (χ1) is 17.2. The SMILES string of the molecule is COc1ccc(C(C(=O)NC2CCCCC2)N(CCc2ccccc2)C(=O)c2ccccn2)cc1. The molecule has 0 radical (unpaired) electrons. The molecular weight excluding hydrogens is 438 g/mol. The molecule has 3 aromatic rings. The predicted molar refractivity (Wildman–Crippen MR) is 136 cm³/mol. The van der Waals surface area contributed by atoms with Gasteiger partial charge in [-0.3, -0.25) is 14.6 Å². The number of carbonyl (C=O) groups excluding carboxylic acids is 2. The van der Waals surface area contributed by atoms with E-state index in [-0.39, 0.29) is 17.9 Å². The van der Waals surface area contributed by atoms with Crippen molar-refractivity contribution in [2.24, 2.45) is 0 Å². The summed E-state index contributed by atoms with van der Waals surface area (Å²) in [5, 5.41) is 3.25. The van der Waals surface area contributed by atoms with Gasteiger partial charge in [-0.15, -0.1) is 0 Å². The van der Waals surface area contributed by atoms with Crippen molar-refractivity contribution in [1.82, 2.24) is 15.2 Å². The number of hydrogen-bond donors (Lipinski definition) is 1. The van der Waals surface area contributed by atoms with Gasteiger partial charge in [0.2, 0.25) is 5.91 Å². The number of amides is 2. The van der Waals surface area contributed by atoms with Crippen LogP contribution >= 0.6 is 0 Å². The standard InChI is InChI=1S/C29H33N3O3/c1-35-25-17-15-23(16-18-25)27(28(33)31-24-12-6-3-7-13-24)32(21-19-22-10-4-2-5-11-22)29(34)26-14-8-9-20-30-26/h2,4-5,8-11,14-18,20,24,27H,3,6-7,12-13,19,21H2,1H3,(H,31,33). The fraction of sp³-hybridized carbons (Fsp3) is 0.345. The molecule has 0 aliphatic heterocycles. The smallest absolute Gasteiger partial charge is 0.273 e. The highest BCUT2D eigenvalue weighted by molar-refractivity contribution is 5.96. The summed E-state index contributed by atoms with van der Waals surface area (Å²) >= 11 is 0. The molecule has 0 bridgehead atoms. The maximum Gasteiger partial charge on any atom is 0.273 e. The molecule has 6 nitrogen and oxygen atoms in total. The highest BCUT2D eigenvalue weighted by Gasteiger charge is 2.33. The summed E-state index contributed by atoms with van der Waals surface area (Å²) in [6.07, 6.45) is 7.61. The molecule has 1 fully saturated rings. The van der Waals surface area contributed by atoms with Gasteiger partial charge in [-0.05, 0) is 54.7 Å². The Kier molecular flexibility index (Phi) is 8.49. The monoisotopic (exact) mass is 471 g/mol. The fourth-order valence-electron chi connectivity index (χ4n) is 4.66. The quantitative estimate of drug-likeness (QED) is 0.479. The number of pyridine rings is 1. The number of hydrogen-bond acceptors (Lipinski definition) is 4. The Balaban J connectivity index is 1.68. The summed E-state index contributed by atoms with van der Waals surface area (Å²) in [6.45, 7) is 0.383. The Morgan fingerprint density at radius 3 is 2.34 bits per heavy atom. The molecule has 1 aliphatic carbocycles. The largest absolute Gasteiger partial charge is 0.497 e. The van der Waals surface area contributed by atoms with Gasteiger partial charge in [0.25, 0.3) is 5.91 Å². The van der Waals surface area contributed by atoms with Gasteiger partial charge in [0.05, 0.1) is 7.11 Å². The summed E-state index contributed by atoms with van der Waals surface area (Å²) in [6, 6.07) is 22.0. The van der Waals surface area contributed by atoms with E-state index in [4.69, 9.17) is 4.74 Å². The van der Waals surface area contributed by atoms with E-state index in [1.54, 1.807) is 36.4 Å². The summed E-state index contributed by atoms with van der Waals surface area (Å²) in [7, 11) is 1.61. The molecule has 6 heteroatoms. The molecule has 1 aromatic heterocycles. The van der Waals surface area contributed by atoms with E-state index in [2.05, 4.69) is 10.3 Å². The predicted octanol–water partition coefficient (Wildman–Crippen LogP) is 4.97. The lowest BCUT2D eigenvalue weighted by molar-refractivity contribution is -0.126. The van der Waals surface area contributed by atoms with Crippen molar-refractivity contribution in [3.63, 3.8) is 0 Å². The third kappa shape index (κ3) is 6.47. The first-order valence-corrected chi connectivity index (χ1v) is 12.4. The topological polar surface area (TPSA) is 71.5 Å². The summed E-state index contributed by atoms with van der Waals surface area (Å²) in [4.78, 5) is 33.5. The van der Waals surface area contributed by atoms with Gasteiger partial charge < -0.3 is 15.0 Å². The van der Waals surface area contributed by atoms with Crippen LogP contribution in [0.25, 0.3) is 0 Å². The number of aromatic nitrogens is 1. The Morgan fingerprint density at radius 2 is 1.69 bits per heavy atom. The maximum atomic E-state index is 13.8. The van der Waals surface area contributed by atoms with Crippen molar-refractivity contribution in [3.05, 3.63) is 95.8 Å². The molecular formula is C29H33N3O3. The van der Waals surface area contributed by atoms with Crippen LogP contribution in [0.2, 0.25) is 0 Å². The van der Waals surface area contributed by atoms with Crippen molar-refractivity contribution in [2.75, 3.05) is 13.7 Å². The average Bonchev–Trinajstić information content (AvgIpc) is 2.92. The van der Waals surface area contributed by atoms with Crippen molar-refractivity contribution < 1.29 is 14.3 Å². The Labute approximate surface area is 207 Å². The highest BCUT2D eigenvalue weighted by Crippen LogP contribution is 2.27. The van der Waals surface area contributed by atoms with Gasteiger partial charge in [-0.1, -0.05) is 67.8 Å². The first kappa shape index (κ1) is 24.5. The van der Waals surface area contributed by atoms with Crippen LogP contribution in [0.3, 0.4) is 0 Å². The van der Waals surface area contributed by atoms with E-state index in [0.717, 1.165) is 36.8 Å². The van der Waals surface area contributed by atoms with Gasteiger partial charge in [0, 0.05) is 18.8 Å². The van der Waals surface area contributed by atoms with Crippen LogP contribution in [-0.2, 0) is 11.2 Å². The minimum absolute atomic E-state index is 0.137. The molecule has 182 valence electrons. The molecule has 0 saturated heterocycles. The maximum absolute atomic E-state index is 13.8. The average molecular weight is 472 g/mol. The zero-order valence-electron chi connectivity index (χ0n) is 20.2. The van der Waals surface area contributed by atoms with Crippen molar-refractivity contribution in [3.8, 4) is 5.75 Å². The van der Waals surface area contributed by atoms with Crippen molar-refractivity contribution >= 4 is 11.8 Å². The number of methoxy groups -OCH3 is 1. The molecule has 1 aliphatic rings. The highest BCUT2D eigenvalue weighted by atomic mass is 16.5. The molecule has 2 amide bonds. The molecule has 35 heavy (non-hydrogen) atoms. The second-order valence-electron chi connectivity index (χ2n) is 8.97. The van der Waals surface area contributed by atoms with Gasteiger partial charge in [0.15, 0.2) is 0 Å². The molecule has 1 saturated carbocycles. The zero-order valence-corrected chi connectivity index (χ0v) is 20.2. The third-order valence-corrected chi connectivity index (χ3v) is 6.57. The van der Waals surface area contributed by atoms with Gasteiger partial charge in [-0.25, -0.2) is 0 Å². The summed E-state index contributed by atoms with van der Waals surface area (Å²) in [5.41, 5.74) is 2.17. The van der Waals surface area contributed by atoms with Crippen LogP contribution < -0.4 is 10.1 Å². The Morgan fingerprint density at radius 1 is 0.971 bits per heavy atom. The number of benzene rings is 2. The minimum Gasteiger partial charge on any atom is -0.497 e. The number of rotatable bonds is 9. The van der Waals surface area contributed by atoms with Gasteiger partial charge in [0.1, 0.15) is 17.5 Å². The number of carbonyl (C=O) groups is 2. The first-order valence-electron chi connectivity index (χ1n) is 12.4. The second-order valence-corrected chi connectivity index (χ2v) is 8.97. The van der Waals surface area contributed by atoms with E-state index in [1.807, 2.05) is 54.6 Å². The zero-order chi connectivity index (χ0) is 24.5. The number of nitrogens with one attached hydrogen (secondary N) is 1. The minimum atomic E-state index is -0.777. The molecule has 0 spiro atoms. The normalized spacial score (nSPS) is 14.7. The van der Waals surface area contributed by atoms with E-state index in [9.17, 15) is 9.59 Å². The lowest BCUT2D eigenvalue weighted by Crippen LogP contribution is -2.47. The van der Waals surface area contributed by atoms with Crippen LogP contribution in [0.4, 0.5) is 0 Å². The Hall–Kier alpha value is -3.67. The molecule has 2 aromatic carbocycles. The van der Waals surface area contributed by atoms with E-state index in [0.29, 0.717) is 24.4 Å². The molecule has 1 heterocycles. The summed E-state index contributed by atoms with van der Waals surface area (Å²) < 4.78 is 5.32. The third-order valence-electron chi connectivity index (χ3n) is 6.57.